The minimum absolute atomic E-state index is 0.101. The third kappa shape index (κ3) is 4.91. The number of sulfone groups is 1. The maximum absolute atomic E-state index is 14.0. The number of piperazine rings is 1. The Balaban J connectivity index is 1.90. The highest BCUT2D eigenvalue weighted by Gasteiger charge is 2.36. The van der Waals surface area contributed by atoms with E-state index in [0.717, 1.165) is 18.5 Å². The molecule has 3 rings (SSSR count). The Morgan fingerprint density at radius 1 is 1.19 bits per heavy atom. The summed E-state index contributed by atoms with van der Waals surface area (Å²) in [7, 11) is -3.72. The van der Waals surface area contributed by atoms with Gasteiger partial charge in [0, 0.05) is 37.8 Å². The molecular formula is C20H24F4N4O2S. The summed E-state index contributed by atoms with van der Waals surface area (Å²) in [5.41, 5.74) is -0.439. The maximum atomic E-state index is 14.0. The lowest BCUT2D eigenvalue weighted by Crippen LogP contribution is -2.56. The van der Waals surface area contributed by atoms with Crippen LogP contribution in [0.1, 0.15) is 25.1 Å². The molecule has 1 unspecified atom stereocenters. The Bertz CT molecular complexity index is 1070. The zero-order valence-corrected chi connectivity index (χ0v) is 18.4. The maximum Gasteiger partial charge on any atom is 0.419 e. The minimum atomic E-state index is -4.52. The van der Waals surface area contributed by atoms with Crippen molar-refractivity contribution in [3.8, 4) is 0 Å². The lowest BCUT2D eigenvalue weighted by atomic mass is 9.99. The van der Waals surface area contributed by atoms with E-state index >= 15 is 0 Å². The molecule has 11 heteroatoms. The number of hydrogen-bond donors (Lipinski definition) is 0. The van der Waals surface area contributed by atoms with Crippen molar-refractivity contribution in [2.45, 2.75) is 37.9 Å². The van der Waals surface area contributed by atoms with Gasteiger partial charge in [0.1, 0.15) is 10.7 Å². The number of benzene rings is 1. The summed E-state index contributed by atoms with van der Waals surface area (Å²) in [4.78, 5) is 11.5. The van der Waals surface area contributed by atoms with Crippen LogP contribution in [0.15, 0.2) is 29.3 Å². The van der Waals surface area contributed by atoms with E-state index in [-0.39, 0.29) is 28.5 Å². The Hall–Kier alpha value is -2.43. The van der Waals surface area contributed by atoms with E-state index in [4.69, 9.17) is 0 Å². The van der Waals surface area contributed by atoms with Crippen LogP contribution in [0.3, 0.4) is 0 Å². The number of aryl methyl sites for hydroxylation is 1. The SMILES string of the molecule is Cc1nc(N2CCN(c3ccc(F)c(S(C)(=O)=O)c3)CC2C(C)C)ncc1C(F)(F)F. The monoisotopic (exact) mass is 460 g/mol. The molecule has 1 aromatic heterocycles. The van der Waals surface area contributed by atoms with Crippen LogP contribution in [0, 0.1) is 18.7 Å². The van der Waals surface area contributed by atoms with Gasteiger partial charge < -0.3 is 9.80 Å². The first-order valence-electron chi connectivity index (χ1n) is 9.71. The number of nitrogens with zero attached hydrogens (tertiary/aromatic N) is 4. The van der Waals surface area contributed by atoms with Gasteiger partial charge in [0.05, 0.1) is 17.3 Å². The fourth-order valence-corrected chi connectivity index (χ4v) is 4.46. The molecule has 31 heavy (non-hydrogen) atoms. The molecule has 2 heterocycles. The minimum Gasteiger partial charge on any atom is -0.368 e. The zero-order chi connectivity index (χ0) is 23.1. The van der Waals surface area contributed by atoms with Crippen molar-refractivity contribution < 1.29 is 26.0 Å². The average molecular weight is 460 g/mol. The lowest BCUT2D eigenvalue weighted by molar-refractivity contribution is -0.138. The number of halogens is 4. The molecule has 0 saturated carbocycles. The molecule has 0 bridgehead atoms. The van der Waals surface area contributed by atoms with Crippen LogP contribution in [-0.2, 0) is 16.0 Å². The predicted molar refractivity (Wildman–Crippen MR) is 109 cm³/mol. The molecule has 0 amide bonds. The van der Waals surface area contributed by atoms with Crippen LogP contribution in [0.4, 0.5) is 29.2 Å². The summed E-state index contributed by atoms with van der Waals surface area (Å²) in [6.45, 7) is 6.58. The lowest BCUT2D eigenvalue weighted by Gasteiger charge is -2.44. The van der Waals surface area contributed by atoms with Crippen molar-refractivity contribution in [2.24, 2.45) is 5.92 Å². The van der Waals surface area contributed by atoms with Gasteiger partial charge in [0.15, 0.2) is 9.84 Å². The molecule has 1 atom stereocenters. The smallest absolute Gasteiger partial charge is 0.368 e. The van der Waals surface area contributed by atoms with Crippen molar-refractivity contribution in [1.29, 1.82) is 0 Å². The van der Waals surface area contributed by atoms with E-state index < -0.39 is 27.4 Å². The summed E-state index contributed by atoms with van der Waals surface area (Å²) >= 11 is 0. The first-order valence-corrected chi connectivity index (χ1v) is 11.6. The third-order valence-corrected chi connectivity index (χ3v) is 6.51. The molecule has 1 aliphatic rings. The van der Waals surface area contributed by atoms with Gasteiger partial charge in [-0.1, -0.05) is 13.8 Å². The molecule has 6 nitrogen and oxygen atoms in total. The van der Waals surface area contributed by atoms with E-state index in [1.807, 2.05) is 23.6 Å². The van der Waals surface area contributed by atoms with E-state index in [0.29, 0.717) is 25.3 Å². The normalized spacial score (nSPS) is 18.0. The van der Waals surface area contributed by atoms with E-state index in [9.17, 15) is 26.0 Å². The molecule has 1 fully saturated rings. The largest absolute Gasteiger partial charge is 0.419 e. The third-order valence-electron chi connectivity index (χ3n) is 5.40. The van der Waals surface area contributed by atoms with E-state index in [2.05, 4.69) is 9.97 Å². The van der Waals surface area contributed by atoms with Gasteiger partial charge in [-0.2, -0.15) is 13.2 Å². The van der Waals surface area contributed by atoms with Gasteiger partial charge in [0.2, 0.25) is 5.95 Å². The second-order valence-electron chi connectivity index (χ2n) is 8.00. The molecule has 0 N–H and O–H groups in total. The molecule has 2 aromatic rings. The molecule has 1 saturated heterocycles. The quantitative estimate of drug-likeness (QED) is 0.649. The van der Waals surface area contributed by atoms with Crippen molar-refractivity contribution in [3.63, 3.8) is 0 Å². The second kappa shape index (κ2) is 8.25. The van der Waals surface area contributed by atoms with Crippen LogP contribution < -0.4 is 9.80 Å². The fraction of sp³-hybridized carbons (Fsp3) is 0.500. The van der Waals surface area contributed by atoms with Crippen molar-refractivity contribution in [2.75, 3.05) is 35.7 Å². The predicted octanol–water partition coefficient (Wildman–Crippen LogP) is 3.70. The molecular weight excluding hydrogens is 436 g/mol. The van der Waals surface area contributed by atoms with E-state index in [1.54, 1.807) is 0 Å². The number of rotatable bonds is 4. The molecule has 0 spiro atoms. The summed E-state index contributed by atoms with van der Waals surface area (Å²) in [5.74, 6) is -0.484. The highest BCUT2D eigenvalue weighted by Crippen LogP contribution is 2.32. The zero-order valence-electron chi connectivity index (χ0n) is 17.6. The van der Waals surface area contributed by atoms with Crippen LogP contribution in [0.25, 0.3) is 0 Å². The summed E-state index contributed by atoms with van der Waals surface area (Å²) in [6, 6.07) is 3.83. The summed E-state index contributed by atoms with van der Waals surface area (Å²) < 4.78 is 76.8. The Labute approximate surface area is 178 Å². The average Bonchev–Trinajstić information content (AvgIpc) is 2.66. The van der Waals surface area contributed by atoms with Crippen molar-refractivity contribution >= 4 is 21.5 Å². The second-order valence-corrected chi connectivity index (χ2v) is 9.99. The van der Waals surface area contributed by atoms with Gasteiger partial charge >= 0.3 is 6.18 Å². The topological polar surface area (TPSA) is 66.4 Å². The van der Waals surface area contributed by atoms with Crippen LogP contribution in [0.5, 0.6) is 0 Å². The highest BCUT2D eigenvalue weighted by molar-refractivity contribution is 7.90. The number of anilines is 2. The van der Waals surface area contributed by atoms with Gasteiger partial charge in [-0.05, 0) is 31.0 Å². The first kappa shape index (κ1) is 23.2. The molecule has 1 aromatic carbocycles. The first-order chi connectivity index (χ1) is 14.3. The van der Waals surface area contributed by atoms with Crippen LogP contribution in [-0.4, -0.2) is 50.3 Å². The van der Waals surface area contributed by atoms with Gasteiger partial charge in [-0.15, -0.1) is 0 Å². The van der Waals surface area contributed by atoms with Crippen molar-refractivity contribution in [1.82, 2.24) is 9.97 Å². The molecule has 170 valence electrons. The highest BCUT2D eigenvalue weighted by atomic mass is 32.2. The fourth-order valence-electron chi connectivity index (χ4n) is 3.71. The van der Waals surface area contributed by atoms with Gasteiger partial charge in [-0.3, -0.25) is 0 Å². The summed E-state index contributed by atoms with van der Waals surface area (Å²) in [5, 5.41) is 0. The Morgan fingerprint density at radius 3 is 2.42 bits per heavy atom. The van der Waals surface area contributed by atoms with Gasteiger partial charge in [0.25, 0.3) is 0 Å². The number of hydrogen-bond acceptors (Lipinski definition) is 6. The standard InChI is InChI=1S/C20H24F4N4O2S/c1-12(2)17-11-27(14-5-6-16(21)18(9-14)31(4,29)30)7-8-28(17)19-25-10-15(13(3)26-19)20(22,23)24/h5-6,9-10,12,17H,7-8,11H2,1-4H3. The Morgan fingerprint density at radius 2 is 1.87 bits per heavy atom. The van der Waals surface area contributed by atoms with Crippen LogP contribution in [0.2, 0.25) is 0 Å². The molecule has 1 aliphatic heterocycles. The van der Waals surface area contributed by atoms with E-state index in [1.165, 1.54) is 19.1 Å². The Kier molecular flexibility index (Phi) is 6.18. The van der Waals surface area contributed by atoms with Gasteiger partial charge in [-0.25, -0.2) is 22.8 Å². The number of aromatic nitrogens is 2. The van der Waals surface area contributed by atoms with Crippen molar-refractivity contribution in [3.05, 3.63) is 41.5 Å². The number of alkyl halides is 3. The summed E-state index contributed by atoms with van der Waals surface area (Å²) in [6.07, 6.45) is -2.76. The molecule has 0 radical (unpaired) electrons. The van der Waals surface area contributed by atoms with Crippen LogP contribution >= 0.6 is 0 Å². The molecule has 0 aliphatic carbocycles.